The Kier molecular flexibility index (Phi) is 6.74. The van der Waals surface area contributed by atoms with Crippen molar-refractivity contribution in [3.05, 3.63) is 65.5 Å². The number of pyridine rings is 1. The molecule has 0 radical (unpaired) electrons. The van der Waals surface area contributed by atoms with Crippen LogP contribution >= 0.6 is 0 Å². The van der Waals surface area contributed by atoms with E-state index in [0.29, 0.717) is 12.3 Å². The van der Waals surface area contributed by atoms with E-state index in [-0.39, 0.29) is 6.42 Å². The Morgan fingerprint density at radius 1 is 1.08 bits per heavy atom. The average molecular weight is 324 g/mol. The van der Waals surface area contributed by atoms with Crippen LogP contribution in [0.4, 0.5) is 0 Å². The maximum absolute atomic E-state index is 10.6. The molecule has 0 aliphatic rings. The molecule has 2 aromatic rings. The van der Waals surface area contributed by atoms with Crippen LogP contribution in [-0.2, 0) is 11.3 Å². The van der Waals surface area contributed by atoms with Crippen molar-refractivity contribution in [1.29, 1.82) is 0 Å². The lowest BCUT2D eigenvalue weighted by molar-refractivity contribution is -0.699. The van der Waals surface area contributed by atoms with E-state index in [1.54, 1.807) is 0 Å². The number of carboxylic acid groups (broad SMARTS) is 1. The van der Waals surface area contributed by atoms with Crippen LogP contribution in [-0.4, -0.2) is 11.1 Å². The molecule has 0 atom stereocenters. The third-order valence-corrected chi connectivity index (χ3v) is 4.07. The van der Waals surface area contributed by atoms with Gasteiger partial charge in [-0.3, -0.25) is 4.79 Å². The molecule has 1 N–H and O–H groups in total. The van der Waals surface area contributed by atoms with Crippen molar-refractivity contribution in [2.45, 2.75) is 45.6 Å². The number of aliphatic carboxylic acids is 1. The highest BCUT2D eigenvalue weighted by Crippen LogP contribution is 2.15. The van der Waals surface area contributed by atoms with Crippen LogP contribution in [0.5, 0.6) is 0 Å². The highest BCUT2D eigenvalue weighted by atomic mass is 16.4. The molecule has 3 nitrogen and oxygen atoms in total. The van der Waals surface area contributed by atoms with Crippen molar-refractivity contribution in [2.24, 2.45) is 0 Å². The van der Waals surface area contributed by atoms with Gasteiger partial charge in [0.25, 0.3) is 0 Å². The standard InChI is InChI=1S/C21H25NO2/c1-17(2)19-12-9-18(10-13-19)11-14-20-7-3-5-15-22(20)16-6-4-8-21(23)24/h3,5,7,9-15,17H,4,6,8,16H2,1-2H3/p+1/b14-11+. The van der Waals surface area contributed by atoms with Crippen LogP contribution < -0.4 is 4.57 Å². The van der Waals surface area contributed by atoms with E-state index >= 15 is 0 Å². The van der Waals surface area contributed by atoms with Gasteiger partial charge in [-0.1, -0.05) is 38.1 Å². The SMILES string of the molecule is CC(C)c1ccc(/C=C/c2cccc[n+]2CCCCC(=O)O)cc1. The van der Waals surface area contributed by atoms with E-state index < -0.39 is 5.97 Å². The first-order valence-corrected chi connectivity index (χ1v) is 8.54. The van der Waals surface area contributed by atoms with Crippen LogP contribution in [0.3, 0.4) is 0 Å². The second kappa shape index (κ2) is 9.02. The zero-order chi connectivity index (χ0) is 17.4. The van der Waals surface area contributed by atoms with Gasteiger partial charge in [0, 0.05) is 31.1 Å². The summed E-state index contributed by atoms with van der Waals surface area (Å²) in [5, 5.41) is 8.71. The molecule has 0 fully saturated rings. The summed E-state index contributed by atoms with van der Waals surface area (Å²) in [6, 6.07) is 14.7. The van der Waals surface area contributed by atoms with Gasteiger partial charge in [-0.15, -0.1) is 0 Å². The number of carboxylic acids is 1. The molecule has 0 amide bonds. The Bertz CT molecular complexity index is 687. The number of hydrogen-bond acceptors (Lipinski definition) is 1. The van der Waals surface area contributed by atoms with Gasteiger partial charge in [-0.2, -0.15) is 4.57 Å². The van der Waals surface area contributed by atoms with E-state index in [9.17, 15) is 4.79 Å². The first-order chi connectivity index (χ1) is 11.6. The smallest absolute Gasteiger partial charge is 0.303 e. The summed E-state index contributed by atoms with van der Waals surface area (Å²) in [7, 11) is 0. The molecule has 0 saturated carbocycles. The van der Waals surface area contributed by atoms with Crippen LogP contribution in [0.2, 0.25) is 0 Å². The van der Waals surface area contributed by atoms with Gasteiger partial charge >= 0.3 is 5.97 Å². The van der Waals surface area contributed by atoms with Gasteiger partial charge in [0.2, 0.25) is 5.69 Å². The van der Waals surface area contributed by atoms with Crippen molar-refractivity contribution in [3.63, 3.8) is 0 Å². The first-order valence-electron chi connectivity index (χ1n) is 8.54. The molecule has 1 heterocycles. The van der Waals surface area contributed by atoms with Crippen molar-refractivity contribution in [3.8, 4) is 0 Å². The average Bonchev–Trinajstić information content (AvgIpc) is 2.58. The van der Waals surface area contributed by atoms with E-state index in [1.165, 1.54) is 11.1 Å². The number of carbonyl (C=O) groups is 1. The quantitative estimate of drug-likeness (QED) is 0.573. The second-order valence-corrected chi connectivity index (χ2v) is 6.32. The topological polar surface area (TPSA) is 41.2 Å². The first kappa shape index (κ1) is 17.9. The molecule has 1 aromatic heterocycles. The maximum atomic E-state index is 10.6. The van der Waals surface area contributed by atoms with Crippen molar-refractivity contribution >= 4 is 18.1 Å². The lowest BCUT2D eigenvalue weighted by Gasteiger charge is -2.04. The summed E-state index contributed by atoms with van der Waals surface area (Å²) < 4.78 is 2.17. The summed E-state index contributed by atoms with van der Waals surface area (Å²) >= 11 is 0. The van der Waals surface area contributed by atoms with Crippen LogP contribution in [0.15, 0.2) is 48.7 Å². The Balaban J connectivity index is 2.02. The zero-order valence-corrected chi connectivity index (χ0v) is 14.5. The lowest BCUT2D eigenvalue weighted by Crippen LogP contribution is -2.36. The monoisotopic (exact) mass is 324 g/mol. The minimum atomic E-state index is -0.724. The molecule has 0 aliphatic heterocycles. The molecule has 1 aromatic carbocycles. The Hall–Kier alpha value is -2.42. The van der Waals surface area contributed by atoms with Crippen LogP contribution in [0, 0.1) is 0 Å². The van der Waals surface area contributed by atoms with E-state index in [0.717, 1.165) is 18.7 Å². The van der Waals surface area contributed by atoms with Crippen molar-refractivity contribution in [1.82, 2.24) is 0 Å². The fraction of sp³-hybridized carbons (Fsp3) is 0.333. The normalized spacial score (nSPS) is 11.3. The predicted molar refractivity (Wildman–Crippen MR) is 97.6 cm³/mol. The number of aromatic nitrogens is 1. The van der Waals surface area contributed by atoms with E-state index in [2.05, 4.69) is 60.9 Å². The third-order valence-electron chi connectivity index (χ3n) is 4.07. The molecule has 0 spiro atoms. The molecule has 0 bridgehead atoms. The molecular formula is C21H26NO2+. The molecule has 0 unspecified atom stereocenters. The van der Waals surface area contributed by atoms with E-state index in [4.69, 9.17) is 5.11 Å². The minimum absolute atomic E-state index is 0.237. The Labute approximate surface area is 144 Å². The van der Waals surface area contributed by atoms with Gasteiger partial charge in [0.05, 0.1) is 0 Å². The summed E-state index contributed by atoms with van der Waals surface area (Å²) in [5.41, 5.74) is 3.65. The fourth-order valence-electron chi connectivity index (χ4n) is 2.58. The summed E-state index contributed by atoms with van der Waals surface area (Å²) in [5.74, 6) is -0.178. The minimum Gasteiger partial charge on any atom is -0.481 e. The number of benzene rings is 1. The van der Waals surface area contributed by atoms with Gasteiger partial charge in [-0.25, -0.2) is 0 Å². The third kappa shape index (κ3) is 5.65. The molecular weight excluding hydrogens is 298 g/mol. The number of rotatable bonds is 8. The highest BCUT2D eigenvalue weighted by Gasteiger charge is 2.07. The fourth-order valence-corrected chi connectivity index (χ4v) is 2.58. The van der Waals surface area contributed by atoms with Crippen LogP contribution in [0.25, 0.3) is 12.2 Å². The number of unbranched alkanes of at least 4 members (excludes halogenated alkanes) is 1. The lowest BCUT2D eigenvalue weighted by atomic mass is 10.0. The summed E-state index contributed by atoms with van der Waals surface area (Å²) in [4.78, 5) is 10.6. The van der Waals surface area contributed by atoms with Gasteiger partial charge in [-0.05, 0) is 35.6 Å². The Morgan fingerprint density at radius 2 is 1.83 bits per heavy atom. The van der Waals surface area contributed by atoms with Crippen LogP contribution in [0.1, 0.15) is 55.8 Å². The maximum Gasteiger partial charge on any atom is 0.303 e. The molecule has 0 aliphatic carbocycles. The molecule has 0 saturated heterocycles. The number of aryl methyl sites for hydroxylation is 1. The summed E-state index contributed by atoms with van der Waals surface area (Å²) in [6.45, 7) is 5.23. The van der Waals surface area contributed by atoms with Gasteiger partial charge < -0.3 is 5.11 Å². The molecule has 2 rings (SSSR count). The second-order valence-electron chi connectivity index (χ2n) is 6.32. The van der Waals surface area contributed by atoms with Gasteiger partial charge in [0.1, 0.15) is 6.54 Å². The molecule has 3 heteroatoms. The predicted octanol–water partition coefficient (Wildman–Crippen LogP) is 4.52. The van der Waals surface area contributed by atoms with Gasteiger partial charge in [0.15, 0.2) is 6.20 Å². The number of hydrogen-bond donors (Lipinski definition) is 1. The Morgan fingerprint density at radius 3 is 2.50 bits per heavy atom. The van der Waals surface area contributed by atoms with Crippen molar-refractivity contribution in [2.75, 3.05) is 0 Å². The summed E-state index contributed by atoms with van der Waals surface area (Å²) in [6.07, 6.45) is 8.08. The largest absolute Gasteiger partial charge is 0.481 e. The molecule has 24 heavy (non-hydrogen) atoms. The van der Waals surface area contributed by atoms with E-state index in [1.807, 2.05) is 18.3 Å². The highest BCUT2D eigenvalue weighted by molar-refractivity contribution is 5.67. The van der Waals surface area contributed by atoms with Crippen molar-refractivity contribution < 1.29 is 14.5 Å². The molecule has 126 valence electrons. The zero-order valence-electron chi connectivity index (χ0n) is 14.5. The number of nitrogens with zero attached hydrogens (tertiary/aromatic N) is 1.